The van der Waals surface area contributed by atoms with Crippen molar-refractivity contribution in [2.45, 2.75) is 0 Å². The van der Waals surface area contributed by atoms with Gasteiger partial charge in [0.2, 0.25) is 10.3 Å². The van der Waals surface area contributed by atoms with E-state index in [0.29, 0.717) is 10.3 Å². The minimum atomic E-state index is -0.470. The van der Waals surface area contributed by atoms with E-state index >= 15 is 0 Å². The molecule has 0 unspecified atom stereocenters. The average molecular weight is 333 g/mol. The van der Waals surface area contributed by atoms with Gasteiger partial charge in [0.15, 0.2) is 0 Å². The van der Waals surface area contributed by atoms with Crippen LogP contribution in [0.1, 0.15) is 21.0 Å². The van der Waals surface area contributed by atoms with Crippen molar-refractivity contribution >= 4 is 44.8 Å². The summed E-state index contributed by atoms with van der Waals surface area (Å²) in [5.41, 5.74) is 3.18. The fourth-order valence-corrected chi connectivity index (χ4v) is 2.35. The van der Waals surface area contributed by atoms with Crippen LogP contribution in [0.2, 0.25) is 0 Å². The van der Waals surface area contributed by atoms with Gasteiger partial charge < -0.3 is 0 Å². The Labute approximate surface area is 131 Å². The molecule has 3 heterocycles. The monoisotopic (exact) mass is 333 g/mol. The summed E-state index contributed by atoms with van der Waals surface area (Å²) < 4.78 is 0. The Morgan fingerprint density at radius 3 is 1.77 bits per heavy atom. The highest BCUT2D eigenvalue weighted by Gasteiger charge is 2.14. The van der Waals surface area contributed by atoms with Crippen molar-refractivity contribution in [3.63, 3.8) is 0 Å². The number of anilines is 2. The molecule has 3 rings (SSSR count). The third-order valence-corrected chi connectivity index (χ3v) is 3.59. The summed E-state index contributed by atoms with van der Waals surface area (Å²) in [5, 5.41) is 20.4. The molecule has 3 aromatic rings. The molecule has 0 spiro atoms. The summed E-state index contributed by atoms with van der Waals surface area (Å²) in [4.78, 5) is 28.1. The Kier molecular flexibility index (Phi) is 4.07. The SMILES string of the molecule is O=C(Nc1nncs1)c1cccc(C(=O)Nc2nncs2)n1. The van der Waals surface area contributed by atoms with E-state index in [4.69, 9.17) is 0 Å². The van der Waals surface area contributed by atoms with Crippen LogP contribution in [0.3, 0.4) is 0 Å². The second kappa shape index (κ2) is 6.32. The first-order chi connectivity index (χ1) is 10.7. The van der Waals surface area contributed by atoms with Crippen molar-refractivity contribution in [1.29, 1.82) is 0 Å². The Morgan fingerprint density at radius 2 is 1.36 bits per heavy atom. The number of nitrogens with one attached hydrogen (secondary N) is 2. The molecule has 2 N–H and O–H groups in total. The van der Waals surface area contributed by atoms with Crippen molar-refractivity contribution in [3.05, 3.63) is 40.6 Å². The molecular weight excluding hydrogens is 326 g/mol. The quantitative estimate of drug-likeness (QED) is 0.737. The minimum absolute atomic E-state index is 0.0973. The van der Waals surface area contributed by atoms with Crippen LogP contribution in [0.15, 0.2) is 29.2 Å². The fraction of sp³-hybridized carbons (Fsp3) is 0. The molecular formula is C11H7N7O2S2. The summed E-state index contributed by atoms with van der Waals surface area (Å²) in [6.45, 7) is 0. The van der Waals surface area contributed by atoms with Gasteiger partial charge in [0.1, 0.15) is 22.4 Å². The van der Waals surface area contributed by atoms with Crippen LogP contribution in [-0.4, -0.2) is 37.2 Å². The number of amides is 2. The average Bonchev–Trinajstić information content (AvgIpc) is 3.21. The highest BCUT2D eigenvalue weighted by atomic mass is 32.1. The molecule has 2 amide bonds. The van der Waals surface area contributed by atoms with Crippen LogP contribution >= 0.6 is 22.7 Å². The van der Waals surface area contributed by atoms with E-state index in [-0.39, 0.29) is 11.4 Å². The number of pyridine rings is 1. The number of hydrogen-bond donors (Lipinski definition) is 2. The van der Waals surface area contributed by atoms with Crippen LogP contribution in [0.4, 0.5) is 10.3 Å². The van der Waals surface area contributed by atoms with Crippen LogP contribution < -0.4 is 10.6 Å². The molecule has 0 fully saturated rings. The van der Waals surface area contributed by atoms with Gasteiger partial charge >= 0.3 is 0 Å². The van der Waals surface area contributed by atoms with E-state index < -0.39 is 11.8 Å². The predicted octanol–water partition coefficient (Wildman–Crippen LogP) is 1.29. The minimum Gasteiger partial charge on any atom is -0.295 e. The topological polar surface area (TPSA) is 123 Å². The summed E-state index contributed by atoms with van der Waals surface area (Å²) in [5.74, 6) is -0.940. The number of hydrogen-bond acceptors (Lipinski definition) is 9. The number of carbonyl (C=O) groups excluding carboxylic acids is 2. The number of rotatable bonds is 4. The molecule has 0 aliphatic heterocycles. The third kappa shape index (κ3) is 3.27. The first kappa shape index (κ1) is 14.2. The second-order valence-electron chi connectivity index (χ2n) is 3.80. The smallest absolute Gasteiger partial charge is 0.276 e. The van der Waals surface area contributed by atoms with E-state index in [1.54, 1.807) is 6.07 Å². The Hall–Kier alpha value is -2.79. The Bertz CT molecular complexity index is 725. The van der Waals surface area contributed by atoms with E-state index in [2.05, 4.69) is 36.0 Å². The van der Waals surface area contributed by atoms with Gasteiger partial charge in [0, 0.05) is 0 Å². The van der Waals surface area contributed by atoms with Crippen LogP contribution in [0.5, 0.6) is 0 Å². The molecule has 0 saturated heterocycles. The summed E-state index contributed by atoms with van der Waals surface area (Å²) >= 11 is 2.37. The molecule has 22 heavy (non-hydrogen) atoms. The third-order valence-electron chi connectivity index (χ3n) is 2.38. The first-order valence-corrected chi connectivity index (χ1v) is 7.60. The molecule has 110 valence electrons. The van der Waals surface area contributed by atoms with Gasteiger partial charge in [-0.3, -0.25) is 20.2 Å². The standard InChI is InChI=1S/C11H7N7O2S2/c19-8(15-10-17-12-4-21-10)6-2-1-3-7(14-6)9(20)16-11-18-13-5-22-11/h1-5H,(H,15,17,19)(H,16,18,20). The number of aromatic nitrogens is 5. The molecule has 0 aliphatic rings. The molecule has 9 nitrogen and oxygen atoms in total. The maximum absolute atomic E-state index is 12.0. The highest BCUT2D eigenvalue weighted by Crippen LogP contribution is 2.12. The predicted molar refractivity (Wildman–Crippen MR) is 80.0 cm³/mol. The van der Waals surface area contributed by atoms with Crippen molar-refractivity contribution in [1.82, 2.24) is 25.4 Å². The van der Waals surface area contributed by atoms with E-state index in [9.17, 15) is 9.59 Å². The van der Waals surface area contributed by atoms with Gasteiger partial charge in [-0.25, -0.2) is 4.98 Å². The fourth-order valence-electron chi connectivity index (χ4n) is 1.47. The van der Waals surface area contributed by atoms with Gasteiger partial charge in [-0.05, 0) is 12.1 Å². The molecule has 0 aromatic carbocycles. The lowest BCUT2D eigenvalue weighted by Gasteiger charge is -2.03. The zero-order chi connectivity index (χ0) is 15.4. The normalized spacial score (nSPS) is 10.2. The number of carbonyl (C=O) groups is 2. The molecule has 0 aliphatic carbocycles. The lowest BCUT2D eigenvalue weighted by atomic mass is 10.3. The summed E-state index contributed by atoms with van der Waals surface area (Å²) in [6.07, 6.45) is 0. The van der Waals surface area contributed by atoms with E-state index in [1.807, 2.05) is 0 Å². The van der Waals surface area contributed by atoms with Crippen LogP contribution in [0, 0.1) is 0 Å². The maximum atomic E-state index is 12.0. The molecule has 0 atom stereocenters. The van der Waals surface area contributed by atoms with E-state index in [1.165, 1.54) is 45.8 Å². The first-order valence-electron chi connectivity index (χ1n) is 5.84. The molecule has 11 heteroatoms. The van der Waals surface area contributed by atoms with Crippen LogP contribution in [0.25, 0.3) is 0 Å². The van der Waals surface area contributed by atoms with E-state index in [0.717, 1.165) is 0 Å². The molecule has 3 aromatic heterocycles. The van der Waals surface area contributed by atoms with Crippen LogP contribution in [-0.2, 0) is 0 Å². The summed E-state index contributed by atoms with van der Waals surface area (Å²) in [7, 11) is 0. The number of nitrogens with zero attached hydrogens (tertiary/aromatic N) is 5. The summed E-state index contributed by atoms with van der Waals surface area (Å²) in [6, 6.07) is 4.56. The largest absolute Gasteiger partial charge is 0.295 e. The van der Waals surface area contributed by atoms with Crippen molar-refractivity contribution in [3.8, 4) is 0 Å². The van der Waals surface area contributed by atoms with Crippen molar-refractivity contribution in [2.24, 2.45) is 0 Å². The maximum Gasteiger partial charge on any atom is 0.276 e. The second-order valence-corrected chi connectivity index (χ2v) is 5.47. The molecule has 0 bridgehead atoms. The molecule has 0 saturated carbocycles. The lowest BCUT2D eigenvalue weighted by molar-refractivity contribution is 0.101. The van der Waals surface area contributed by atoms with Gasteiger partial charge in [-0.15, -0.1) is 20.4 Å². The molecule has 0 radical (unpaired) electrons. The van der Waals surface area contributed by atoms with Gasteiger partial charge in [-0.1, -0.05) is 28.7 Å². The van der Waals surface area contributed by atoms with Gasteiger partial charge in [-0.2, -0.15) is 0 Å². The zero-order valence-corrected chi connectivity index (χ0v) is 12.4. The highest BCUT2D eigenvalue weighted by molar-refractivity contribution is 7.13. The zero-order valence-electron chi connectivity index (χ0n) is 10.8. The Balaban J connectivity index is 1.74. The Morgan fingerprint density at radius 1 is 0.864 bits per heavy atom. The van der Waals surface area contributed by atoms with Crippen molar-refractivity contribution in [2.75, 3.05) is 10.6 Å². The van der Waals surface area contributed by atoms with Gasteiger partial charge in [0.05, 0.1) is 0 Å². The van der Waals surface area contributed by atoms with Gasteiger partial charge in [0.25, 0.3) is 11.8 Å². The van der Waals surface area contributed by atoms with Crippen molar-refractivity contribution < 1.29 is 9.59 Å². The lowest BCUT2D eigenvalue weighted by Crippen LogP contribution is -2.18.